The second-order valence-corrected chi connectivity index (χ2v) is 5.48. The van der Waals surface area contributed by atoms with Crippen molar-refractivity contribution in [3.8, 4) is 17.2 Å². The van der Waals surface area contributed by atoms with E-state index in [2.05, 4.69) is 9.97 Å². The summed E-state index contributed by atoms with van der Waals surface area (Å²) in [6.07, 6.45) is -4.60. The molecule has 0 saturated heterocycles. The number of hydrogen-bond acceptors (Lipinski definition) is 5. The fraction of sp³-hybridized carbons (Fsp3) is 0.250. The molecule has 5 nitrogen and oxygen atoms in total. The number of alkyl halides is 3. The summed E-state index contributed by atoms with van der Waals surface area (Å²) in [5.74, 6) is 0.355. The standard InChI is InChI=1S/C16H14F3N3O2/c1-7(20)14-8(2)21-15(24-14)10-3-5-11(23)13-9(10)4-6-12(22-13)16(17,18)19/h3-7,23H,20H2,1-2H3/t7-/m0/s1. The van der Waals surface area contributed by atoms with Gasteiger partial charge in [-0.2, -0.15) is 13.2 Å². The van der Waals surface area contributed by atoms with E-state index in [4.69, 9.17) is 10.2 Å². The van der Waals surface area contributed by atoms with Crippen molar-refractivity contribution in [2.45, 2.75) is 26.1 Å². The Labute approximate surface area is 134 Å². The molecule has 0 aliphatic rings. The summed E-state index contributed by atoms with van der Waals surface area (Å²) in [5, 5.41) is 10.2. The number of halogens is 3. The third kappa shape index (κ3) is 2.69. The second-order valence-electron chi connectivity index (χ2n) is 5.48. The lowest BCUT2D eigenvalue weighted by molar-refractivity contribution is -0.140. The van der Waals surface area contributed by atoms with Crippen molar-refractivity contribution in [3.05, 3.63) is 41.4 Å². The van der Waals surface area contributed by atoms with E-state index in [-0.39, 0.29) is 23.2 Å². The summed E-state index contributed by atoms with van der Waals surface area (Å²) < 4.78 is 44.1. The van der Waals surface area contributed by atoms with Gasteiger partial charge in [-0.1, -0.05) is 0 Å². The second kappa shape index (κ2) is 5.48. The highest BCUT2D eigenvalue weighted by Gasteiger charge is 2.33. The molecule has 0 saturated carbocycles. The fourth-order valence-electron chi connectivity index (χ4n) is 2.49. The van der Waals surface area contributed by atoms with Gasteiger partial charge in [-0.25, -0.2) is 9.97 Å². The summed E-state index contributed by atoms with van der Waals surface area (Å²) in [4.78, 5) is 7.80. The molecule has 2 heterocycles. The Bertz CT molecular complexity index is 917. The molecule has 126 valence electrons. The van der Waals surface area contributed by atoms with E-state index in [1.165, 1.54) is 18.2 Å². The molecule has 3 N–H and O–H groups in total. The van der Waals surface area contributed by atoms with E-state index in [0.717, 1.165) is 6.07 Å². The van der Waals surface area contributed by atoms with Crippen molar-refractivity contribution in [1.82, 2.24) is 9.97 Å². The Hall–Kier alpha value is -2.61. The molecule has 0 spiro atoms. The summed E-state index contributed by atoms with van der Waals surface area (Å²) in [5.41, 5.74) is 5.58. The number of phenolic OH excluding ortho intramolecular Hbond substituents is 1. The monoisotopic (exact) mass is 337 g/mol. The normalized spacial score (nSPS) is 13.4. The third-order valence-electron chi connectivity index (χ3n) is 3.60. The molecule has 3 aromatic rings. The number of aryl methyl sites for hydroxylation is 1. The lowest BCUT2D eigenvalue weighted by Crippen LogP contribution is -2.07. The van der Waals surface area contributed by atoms with Gasteiger partial charge in [0.15, 0.2) is 0 Å². The molecule has 24 heavy (non-hydrogen) atoms. The van der Waals surface area contributed by atoms with Crippen LogP contribution >= 0.6 is 0 Å². The van der Waals surface area contributed by atoms with Crippen LogP contribution in [0.25, 0.3) is 22.4 Å². The van der Waals surface area contributed by atoms with E-state index >= 15 is 0 Å². The van der Waals surface area contributed by atoms with Gasteiger partial charge in [0.2, 0.25) is 5.89 Å². The van der Waals surface area contributed by atoms with Gasteiger partial charge in [0.05, 0.1) is 11.7 Å². The number of aromatic hydroxyl groups is 1. The predicted molar refractivity (Wildman–Crippen MR) is 81.2 cm³/mol. The van der Waals surface area contributed by atoms with Gasteiger partial charge in [0.1, 0.15) is 22.7 Å². The Kier molecular flexibility index (Phi) is 3.71. The van der Waals surface area contributed by atoms with Gasteiger partial charge in [-0.3, -0.25) is 0 Å². The van der Waals surface area contributed by atoms with Crippen LogP contribution in [-0.4, -0.2) is 15.1 Å². The molecule has 0 bridgehead atoms. The lowest BCUT2D eigenvalue weighted by Gasteiger charge is -2.09. The number of phenols is 1. The zero-order valence-electron chi connectivity index (χ0n) is 12.8. The summed E-state index contributed by atoms with van der Waals surface area (Å²) in [6.45, 7) is 3.47. The quantitative estimate of drug-likeness (QED) is 0.740. The molecule has 8 heteroatoms. The lowest BCUT2D eigenvalue weighted by atomic mass is 10.1. The molecule has 0 aliphatic heterocycles. The van der Waals surface area contributed by atoms with Gasteiger partial charge in [0.25, 0.3) is 0 Å². The first-order valence-corrected chi connectivity index (χ1v) is 7.11. The number of pyridine rings is 1. The first kappa shape index (κ1) is 16.3. The van der Waals surface area contributed by atoms with Gasteiger partial charge >= 0.3 is 6.18 Å². The predicted octanol–water partition coefficient (Wildman–Crippen LogP) is 3.94. The number of hydrogen-bond donors (Lipinski definition) is 2. The van der Waals surface area contributed by atoms with Crippen LogP contribution in [0.1, 0.15) is 30.1 Å². The van der Waals surface area contributed by atoms with E-state index in [1.54, 1.807) is 13.8 Å². The Morgan fingerprint density at radius 3 is 2.46 bits per heavy atom. The van der Waals surface area contributed by atoms with Gasteiger partial charge in [-0.05, 0) is 38.1 Å². The van der Waals surface area contributed by atoms with Crippen LogP contribution in [0.15, 0.2) is 28.7 Å². The van der Waals surface area contributed by atoms with Crippen LogP contribution < -0.4 is 5.73 Å². The molecule has 1 atom stereocenters. The Balaban J connectivity index is 2.23. The van der Waals surface area contributed by atoms with Gasteiger partial charge in [-0.15, -0.1) is 0 Å². The molecule has 1 aromatic carbocycles. The van der Waals surface area contributed by atoms with E-state index in [0.29, 0.717) is 22.4 Å². The smallest absolute Gasteiger partial charge is 0.433 e. The summed E-state index contributed by atoms with van der Waals surface area (Å²) in [6, 6.07) is 4.50. The van der Waals surface area contributed by atoms with Crippen molar-refractivity contribution in [1.29, 1.82) is 0 Å². The van der Waals surface area contributed by atoms with E-state index in [1.807, 2.05) is 0 Å². The van der Waals surface area contributed by atoms with Crippen LogP contribution in [0.2, 0.25) is 0 Å². The maximum Gasteiger partial charge on any atom is 0.433 e. The Morgan fingerprint density at radius 2 is 1.88 bits per heavy atom. The van der Waals surface area contributed by atoms with Crippen molar-refractivity contribution in [2.75, 3.05) is 0 Å². The molecule has 0 radical (unpaired) electrons. The zero-order valence-corrected chi connectivity index (χ0v) is 12.8. The largest absolute Gasteiger partial charge is 0.506 e. The van der Waals surface area contributed by atoms with Crippen LogP contribution in [-0.2, 0) is 6.18 Å². The number of aromatic nitrogens is 2. The summed E-state index contributed by atoms with van der Waals surface area (Å²) in [7, 11) is 0. The molecule has 0 aliphatic carbocycles. The fourth-order valence-corrected chi connectivity index (χ4v) is 2.49. The minimum absolute atomic E-state index is 0.166. The number of nitrogens with two attached hydrogens (primary N) is 1. The van der Waals surface area contributed by atoms with Crippen LogP contribution in [0.3, 0.4) is 0 Å². The van der Waals surface area contributed by atoms with Crippen LogP contribution in [0.5, 0.6) is 5.75 Å². The van der Waals surface area contributed by atoms with Crippen molar-refractivity contribution < 1.29 is 22.7 Å². The average molecular weight is 337 g/mol. The zero-order chi connectivity index (χ0) is 17.6. The number of rotatable bonds is 2. The van der Waals surface area contributed by atoms with Crippen molar-refractivity contribution in [2.24, 2.45) is 5.73 Å². The molecule has 0 amide bonds. The number of fused-ring (bicyclic) bond motifs is 1. The van der Waals surface area contributed by atoms with Gasteiger partial charge < -0.3 is 15.3 Å². The maximum absolute atomic E-state index is 12.8. The average Bonchev–Trinajstić information content (AvgIpc) is 2.88. The molecular formula is C16H14F3N3O2. The molecular weight excluding hydrogens is 323 g/mol. The maximum atomic E-state index is 12.8. The Morgan fingerprint density at radius 1 is 1.17 bits per heavy atom. The van der Waals surface area contributed by atoms with Crippen LogP contribution in [0, 0.1) is 6.92 Å². The molecule has 0 fully saturated rings. The number of oxazole rings is 1. The molecule has 2 aromatic heterocycles. The van der Waals surface area contributed by atoms with Gasteiger partial charge in [0, 0.05) is 10.9 Å². The highest BCUT2D eigenvalue weighted by Crippen LogP contribution is 2.36. The van der Waals surface area contributed by atoms with E-state index < -0.39 is 11.9 Å². The minimum Gasteiger partial charge on any atom is -0.506 e. The van der Waals surface area contributed by atoms with Crippen LogP contribution in [0.4, 0.5) is 13.2 Å². The highest BCUT2D eigenvalue weighted by molar-refractivity contribution is 5.96. The molecule has 3 rings (SSSR count). The highest BCUT2D eigenvalue weighted by atomic mass is 19.4. The number of benzene rings is 1. The van der Waals surface area contributed by atoms with Crippen molar-refractivity contribution in [3.63, 3.8) is 0 Å². The summed E-state index contributed by atoms with van der Waals surface area (Å²) >= 11 is 0. The first-order valence-electron chi connectivity index (χ1n) is 7.11. The first-order chi connectivity index (χ1) is 11.2. The minimum atomic E-state index is -4.60. The number of nitrogens with zero attached hydrogens (tertiary/aromatic N) is 2. The SMILES string of the molecule is Cc1nc(-c2ccc(O)c3nc(C(F)(F)F)ccc23)oc1[C@H](C)N. The topological polar surface area (TPSA) is 85.2 Å². The van der Waals surface area contributed by atoms with E-state index in [9.17, 15) is 18.3 Å². The third-order valence-corrected chi connectivity index (χ3v) is 3.60. The molecule has 0 unspecified atom stereocenters. The van der Waals surface area contributed by atoms with Crippen molar-refractivity contribution >= 4 is 10.9 Å².